The number of hydrogen-bond donors (Lipinski definition) is 1. The molecule has 0 bridgehead atoms. The molecule has 1 unspecified atom stereocenters. The van der Waals surface area contributed by atoms with Gasteiger partial charge in [0.05, 0.1) is 10.8 Å². The smallest absolute Gasteiger partial charge is 0.308 e. The third-order valence-corrected chi connectivity index (χ3v) is 3.04. The Kier molecular flexibility index (Phi) is 4.86. The number of non-ortho nitro benzene ring substituents is 1. The Morgan fingerprint density at radius 3 is 2.63 bits per heavy atom. The first-order valence-corrected chi connectivity index (χ1v) is 6.09. The highest BCUT2D eigenvalue weighted by atomic mass is 16.6. The van der Waals surface area contributed by atoms with E-state index in [-0.39, 0.29) is 5.69 Å². The Labute approximate surface area is 111 Å². The monoisotopic (exact) mass is 266 g/mol. The molecule has 0 saturated carbocycles. The molecule has 1 aromatic rings. The number of rotatable bonds is 6. The SMILES string of the molecule is CCN(CC(C)C(=O)O)c1cc([N+](=O)[O-])ccc1C. The Hall–Kier alpha value is -2.11. The minimum absolute atomic E-state index is 0.0158. The van der Waals surface area contributed by atoms with Crippen LogP contribution in [0.15, 0.2) is 18.2 Å². The van der Waals surface area contributed by atoms with Gasteiger partial charge >= 0.3 is 5.97 Å². The summed E-state index contributed by atoms with van der Waals surface area (Å²) in [5.74, 6) is -1.40. The second kappa shape index (κ2) is 6.17. The number of anilines is 1. The highest BCUT2D eigenvalue weighted by Crippen LogP contribution is 2.26. The molecule has 0 aliphatic carbocycles. The van der Waals surface area contributed by atoms with E-state index >= 15 is 0 Å². The number of nitrogens with zero attached hydrogens (tertiary/aromatic N) is 2. The fourth-order valence-corrected chi connectivity index (χ4v) is 1.86. The van der Waals surface area contributed by atoms with E-state index < -0.39 is 16.8 Å². The van der Waals surface area contributed by atoms with Crippen LogP contribution >= 0.6 is 0 Å². The maximum atomic E-state index is 10.9. The highest BCUT2D eigenvalue weighted by Gasteiger charge is 2.18. The zero-order valence-corrected chi connectivity index (χ0v) is 11.3. The van der Waals surface area contributed by atoms with E-state index in [0.717, 1.165) is 5.56 Å². The first-order chi connectivity index (χ1) is 8.86. The number of carboxylic acids is 1. The molecule has 0 radical (unpaired) electrons. The van der Waals surface area contributed by atoms with Crippen molar-refractivity contribution < 1.29 is 14.8 Å². The molecular weight excluding hydrogens is 248 g/mol. The molecule has 0 aliphatic heterocycles. The second-order valence-corrected chi connectivity index (χ2v) is 4.51. The van der Waals surface area contributed by atoms with E-state index in [1.54, 1.807) is 13.0 Å². The molecule has 0 aliphatic rings. The summed E-state index contributed by atoms with van der Waals surface area (Å²) in [4.78, 5) is 23.1. The molecule has 1 aromatic carbocycles. The summed E-state index contributed by atoms with van der Waals surface area (Å²) in [6, 6.07) is 4.63. The van der Waals surface area contributed by atoms with Crippen molar-refractivity contribution >= 4 is 17.3 Å². The quantitative estimate of drug-likeness (QED) is 0.631. The number of benzene rings is 1. The van der Waals surface area contributed by atoms with Crippen LogP contribution in [0.1, 0.15) is 19.4 Å². The standard InChI is InChI=1S/C13H18N2O4/c1-4-14(8-10(3)13(16)17)12-7-11(15(18)19)6-5-9(12)2/h5-7,10H,4,8H2,1-3H3,(H,16,17). The van der Waals surface area contributed by atoms with Gasteiger partial charge in [-0.05, 0) is 19.4 Å². The van der Waals surface area contributed by atoms with Crippen LogP contribution in [0, 0.1) is 23.0 Å². The molecule has 0 amide bonds. The van der Waals surface area contributed by atoms with Gasteiger partial charge in [-0.2, -0.15) is 0 Å². The van der Waals surface area contributed by atoms with Crippen molar-refractivity contribution in [3.05, 3.63) is 33.9 Å². The summed E-state index contributed by atoms with van der Waals surface area (Å²) in [7, 11) is 0. The average Bonchev–Trinajstić information content (AvgIpc) is 2.36. The van der Waals surface area contributed by atoms with Crippen LogP contribution < -0.4 is 4.90 Å². The first kappa shape index (κ1) is 14.9. The maximum Gasteiger partial charge on any atom is 0.308 e. The summed E-state index contributed by atoms with van der Waals surface area (Å²) in [6.45, 7) is 6.30. The predicted molar refractivity (Wildman–Crippen MR) is 72.5 cm³/mol. The third-order valence-electron chi connectivity index (χ3n) is 3.04. The van der Waals surface area contributed by atoms with E-state index in [9.17, 15) is 14.9 Å². The van der Waals surface area contributed by atoms with Crippen molar-refractivity contribution in [1.82, 2.24) is 0 Å². The lowest BCUT2D eigenvalue weighted by Crippen LogP contribution is -2.32. The van der Waals surface area contributed by atoms with Crippen LogP contribution in [0.2, 0.25) is 0 Å². The minimum atomic E-state index is -0.874. The normalized spacial score (nSPS) is 11.9. The third kappa shape index (κ3) is 3.67. The van der Waals surface area contributed by atoms with Gasteiger partial charge in [-0.25, -0.2) is 0 Å². The number of aryl methyl sites for hydroxylation is 1. The Balaban J connectivity index is 3.06. The number of carbonyl (C=O) groups is 1. The number of nitro benzene ring substituents is 1. The molecule has 104 valence electrons. The lowest BCUT2D eigenvalue weighted by atomic mass is 10.1. The largest absolute Gasteiger partial charge is 0.481 e. The van der Waals surface area contributed by atoms with Crippen LogP contribution in [-0.4, -0.2) is 29.1 Å². The second-order valence-electron chi connectivity index (χ2n) is 4.51. The number of carboxylic acid groups (broad SMARTS) is 1. The molecule has 19 heavy (non-hydrogen) atoms. The summed E-state index contributed by atoms with van der Waals surface area (Å²) in [6.07, 6.45) is 0. The number of hydrogen-bond acceptors (Lipinski definition) is 4. The number of aliphatic carboxylic acids is 1. The topological polar surface area (TPSA) is 83.7 Å². The van der Waals surface area contributed by atoms with E-state index in [1.165, 1.54) is 12.1 Å². The molecule has 1 rings (SSSR count). The van der Waals surface area contributed by atoms with Gasteiger partial charge in [-0.1, -0.05) is 13.0 Å². The fraction of sp³-hybridized carbons (Fsp3) is 0.462. The van der Waals surface area contributed by atoms with Gasteiger partial charge in [0.1, 0.15) is 0 Å². The molecule has 6 heteroatoms. The minimum Gasteiger partial charge on any atom is -0.481 e. The Morgan fingerprint density at radius 2 is 2.16 bits per heavy atom. The molecule has 0 aromatic heterocycles. The molecule has 1 atom stereocenters. The van der Waals surface area contributed by atoms with Crippen LogP contribution in [0.5, 0.6) is 0 Å². The molecular formula is C13H18N2O4. The van der Waals surface area contributed by atoms with Crippen LogP contribution in [0.4, 0.5) is 11.4 Å². The van der Waals surface area contributed by atoms with Crippen LogP contribution in [0.3, 0.4) is 0 Å². The lowest BCUT2D eigenvalue weighted by molar-refractivity contribution is -0.384. The van der Waals surface area contributed by atoms with Crippen molar-refractivity contribution in [2.24, 2.45) is 5.92 Å². The van der Waals surface area contributed by atoms with Gasteiger partial charge in [-0.15, -0.1) is 0 Å². The van der Waals surface area contributed by atoms with Gasteiger partial charge < -0.3 is 10.0 Å². The highest BCUT2D eigenvalue weighted by molar-refractivity contribution is 5.71. The van der Waals surface area contributed by atoms with Gasteiger partial charge in [0.15, 0.2) is 0 Å². The van der Waals surface area contributed by atoms with Crippen molar-refractivity contribution in [1.29, 1.82) is 0 Å². The molecule has 0 fully saturated rings. The van der Waals surface area contributed by atoms with Gasteiger partial charge in [0.2, 0.25) is 0 Å². The Bertz CT molecular complexity index is 488. The summed E-state index contributed by atoms with van der Waals surface area (Å²) in [5.41, 5.74) is 1.62. The summed E-state index contributed by atoms with van der Waals surface area (Å²) >= 11 is 0. The van der Waals surface area contributed by atoms with E-state index in [1.807, 2.05) is 18.7 Å². The molecule has 1 N–H and O–H groups in total. The van der Waals surface area contributed by atoms with Gasteiger partial charge in [0, 0.05) is 30.9 Å². The average molecular weight is 266 g/mol. The lowest BCUT2D eigenvalue weighted by Gasteiger charge is -2.26. The molecule has 0 spiro atoms. The fourth-order valence-electron chi connectivity index (χ4n) is 1.86. The van der Waals surface area contributed by atoms with Gasteiger partial charge in [0.25, 0.3) is 5.69 Å². The van der Waals surface area contributed by atoms with E-state index in [0.29, 0.717) is 18.8 Å². The number of nitro groups is 1. The molecule has 0 heterocycles. The van der Waals surface area contributed by atoms with E-state index in [4.69, 9.17) is 5.11 Å². The van der Waals surface area contributed by atoms with Gasteiger partial charge in [-0.3, -0.25) is 14.9 Å². The predicted octanol–water partition coefficient (Wildman–Crippen LogP) is 2.45. The molecule has 0 saturated heterocycles. The maximum absolute atomic E-state index is 10.9. The Morgan fingerprint density at radius 1 is 1.53 bits per heavy atom. The van der Waals surface area contributed by atoms with Crippen LogP contribution in [0.25, 0.3) is 0 Å². The van der Waals surface area contributed by atoms with Crippen LogP contribution in [-0.2, 0) is 4.79 Å². The molecule has 6 nitrogen and oxygen atoms in total. The van der Waals surface area contributed by atoms with Crippen molar-refractivity contribution in [3.63, 3.8) is 0 Å². The zero-order valence-electron chi connectivity index (χ0n) is 11.3. The zero-order chi connectivity index (χ0) is 14.6. The van der Waals surface area contributed by atoms with Crippen molar-refractivity contribution in [2.75, 3.05) is 18.0 Å². The summed E-state index contributed by atoms with van der Waals surface area (Å²) < 4.78 is 0. The summed E-state index contributed by atoms with van der Waals surface area (Å²) in [5, 5.41) is 19.7. The van der Waals surface area contributed by atoms with Crippen molar-refractivity contribution in [3.8, 4) is 0 Å². The van der Waals surface area contributed by atoms with Crippen molar-refractivity contribution in [2.45, 2.75) is 20.8 Å². The van der Waals surface area contributed by atoms with E-state index in [2.05, 4.69) is 0 Å². The first-order valence-electron chi connectivity index (χ1n) is 6.09.